The maximum Gasteiger partial charge on any atom is -0.00959 e. The first-order valence-electron chi connectivity index (χ1n) is 36.2. The van der Waals surface area contributed by atoms with Gasteiger partial charge in [-0.2, -0.15) is 0 Å². The lowest BCUT2D eigenvalue weighted by Gasteiger charge is -2.22. The van der Waals surface area contributed by atoms with Crippen LogP contribution in [-0.2, 0) is 116 Å². The van der Waals surface area contributed by atoms with E-state index >= 15 is 0 Å². The predicted molar refractivity (Wildman–Crippen MR) is 404 cm³/mol. The molecule has 0 amide bonds. The van der Waals surface area contributed by atoms with Crippen molar-refractivity contribution in [2.45, 2.75) is 233 Å². The minimum Gasteiger partial charge on any atom is -0.0619 e. The average Bonchev–Trinajstić information content (AvgIpc) is 0.753. The first-order valence-corrected chi connectivity index (χ1v) is 36.2. The van der Waals surface area contributed by atoms with E-state index in [1.165, 1.54) is 197 Å². The van der Waals surface area contributed by atoms with Crippen LogP contribution in [0.15, 0.2) is 109 Å². The maximum absolute atomic E-state index is 2.63. The van der Waals surface area contributed by atoms with Gasteiger partial charge in [0.2, 0.25) is 0 Å². The van der Waals surface area contributed by atoms with Gasteiger partial charge in [-0.25, -0.2) is 0 Å². The van der Waals surface area contributed by atoms with Gasteiger partial charge in [-0.3, -0.25) is 0 Å². The smallest absolute Gasteiger partial charge is 0.00959 e. The summed E-state index contributed by atoms with van der Waals surface area (Å²) in [5.41, 5.74) is 27.1. The molecule has 0 saturated heterocycles. The highest BCUT2D eigenvalue weighted by Crippen LogP contribution is 2.44. The second-order valence-electron chi connectivity index (χ2n) is 26.7. The Labute approximate surface area is 542 Å². The molecule has 466 valence electrons. The zero-order valence-electron chi connectivity index (χ0n) is 58.7. The summed E-state index contributed by atoms with van der Waals surface area (Å²) >= 11 is 0. The summed E-state index contributed by atoms with van der Waals surface area (Å²) in [6.45, 7) is 39.6. The van der Waals surface area contributed by atoms with Gasteiger partial charge in [0, 0.05) is 0 Å². The first-order chi connectivity index (χ1) is 43.8. The van der Waals surface area contributed by atoms with E-state index in [9.17, 15) is 0 Å². The Balaban J connectivity index is 0.000000232. The average molecular weight is 1190 g/mol. The monoisotopic (exact) mass is 1190 g/mol. The quantitative estimate of drug-likeness (QED) is 0.0667. The Morgan fingerprint density at radius 2 is 0.222 bits per heavy atom. The number of aryl methyl sites for hydroxylation is 16. The van der Waals surface area contributed by atoms with E-state index < -0.39 is 0 Å². The lowest BCUT2D eigenvalue weighted by atomic mass is 9.83. The predicted octanol–water partition coefficient (Wildman–Crippen LogP) is 25.2. The molecule has 0 bridgehead atoms. The Bertz CT molecular complexity index is 4160. The first kappa shape index (κ1) is 64.5. The van der Waals surface area contributed by atoms with Crippen LogP contribution >= 0.6 is 0 Å². The summed E-state index contributed by atoms with van der Waals surface area (Å²) in [6, 6.07) is 45.9. The molecule has 0 heteroatoms. The van der Waals surface area contributed by atoms with Gasteiger partial charge in [0.15, 0.2) is 0 Å². The maximum atomic E-state index is 2.63. The standard InChI is InChI=1S/C60H70.C30H36/c1-12-37-24-49-51-26-39(14-3)43(18-7)30-55(51)59-34-47(45(20-9)32-57(59)53(49)28-41(37)16-5)22-36(11)23-48-35-60-56-31-44(19-8)40(15-4)27-52(56)50-25-38(13-2)42(17-6)29-54(50)58(60)33-46(48)21-10;1-7-19-13-25-26(14-20(19)8-2)28-16-22(10-4)24(12-6)18-30(28)29-17-23(11-5)21(9-3)15-27(25)29/h24-36H,12-23H2,1-11H3;13-18H,7-12H2,1-6H3. The topological polar surface area (TPSA) is 0 Å². The Hall–Kier alpha value is -7.02. The molecular formula is C90H106. The molecule has 0 aliphatic heterocycles. The summed E-state index contributed by atoms with van der Waals surface area (Å²) in [5, 5.41) is 25.9. The molecule has 90 heavy (non-hydrogen) atoms. The summed E-state index contributed by atoms with van der Waals surface area (Å²) in [4.78, 5) is 0. The van der Waals surface area contributed by atoms with Gasteiger partial charge in [-0.15, -0.1) is 0 Å². The summed E-state index contributed by atoms with van der Waals surface area (Å²) in [6.07, 6.45) is 19.4. The van der Waals surface area contributed by atoms with Crippen LogP contribution in [0.5, 0.6) is 0 Å². The van der Waals surface area contributed by atoms with Crippen LogP contribution in [0.1, 0.15) is 218 Å². The molecule has 0 unspecified atom stereocenters. The molecule has 12 rings (SSSR count). The zero-order valence-corrected chi connectivity index (χ0v) is 58.7. The van der Waals surface area contributed by atoms with E-state index in [2.05, 4.69) is 227 Å². The van der Waals surface area contributed by atoms with Gasteiger partial charge in [0.1, 0.15) is 0 Å². The van der Waals surface area contributed by atoms with Crippen molar-refractivity contribution in [2.24, 2.45) is 5.92 Å². The van der Waals surface area contributed by atoms with Crippen LogP contribution in [0.4, 0.5) is 0 Å². The number of hydrogen-bond donors (Lipinski definition) is 0. The van der Waals surface area contributed by atoms with E-state index in [1.807, 2.05) is 0 Å². The minimum atomic E-state index is 0.502. The third-order valence-corrected chi connectivity index (χ3v) is 21.9. The molecule has 0 aromatic heterocycles. The molecule has 0 fully saturated rings. The minimum absolute atomic E-state index is 0.502. The molecule has 0 heterocycles. The van der Waals surface area contributed by atoms with Gasteiger partial charge in [0.05, 0.1) is 0 Å². The number of benzene rings is 12. The molecule has 12 aromatic carbocycles. The molecule has 12 aromatic rings. The second-order valence-corrected chi connectivity index (χ2v) is 26.7. The number of hydrogen-bond acceptors (Lipinski definition) is 0. The lowest BCUT2D eigenvalue weighted by Crippen LogP contribution is -2.08. The molecule has 0 spiro atoms. The van der Waals surface area contributed by atoms with Gasteiger partial charge in [-0.05, 0) is 319 Å². The zero-order chi connectivity index (χ0) is 63.8. The third kappa shape index (κ3) is 11.4. The highest BCUT2D eigenvalue weighted by atomic mass is 14.3. The fraction of sp³-hybridized carbons (Fsp3) is 0.400. The Morgan fingerprint density at radius 3 is 0.311 bits per heavy atom. The Kier molecular flexibility index (Phi) is 19.7. The lowest BCUT2D eigenvalue weighted by molar-refractivity contribution is 0.573. The van der Waals surface area contributed by atoms with Crippen molar-refractivity contribution in [3.05, 3.63) is 209 Å². The van der Waals surface area contributed by atoms with E-state index in [4.69, 9.17) is 0 Å². The van der Waals surface area contributed by atoms with Crippen molar-refractivity contribution in [1.29, 1.82) is 0 Å². The third-order valence-electron chi connectivity index (χ3n) is 21.9. The van der Waals surface area contributed by atoms with Crippen molar-refractivity contribution in [3.8, 4) is 0 Å². The van der Waals surface area contributed by atoms with E-state index in [0.717, 1.165) is 116 Å². The van der Waals surface area contributed by atoms with Crippen LogP contribution in [0.3, 0.4) is 0 Å². The van der Waals surface area contributed by atoms with E-state index in [-0.39, 0.29) is 0 Å². The summed E-state index contributed by atoms with van der Waals surface area (Å²) in [5.74, 6) is 0.502. The van der Waals surface area contributed by atoms with Gasteiger partial charge in [0.25, 0.3) is 0 Å². The highest BCUT2D eigenvalue weighted by Gasteiger charge is 2.22. The van der Waals surface area contributed by atoms with Crippen molar-refractivity contribution in [1.82, 2.24) is 0 Å². The fourth-order valence-electron chi connectivity index (χ4n) is 16.7. The van der Waals surface area contributed by atoms with Crippen molar-refractivity contribution in [2.75, 3.05) is 0 Å². The molecule has 0 atom stereocenters. The molecular weight excluding hydrogens is 1080 g/mol. The van der Waals surface area contributed by atoms with Gasteiger partial charge >= 0.3 is 0 Å². The molecule has 0 N–H and O–H groups in total. The van der Waals surface area contributed by atoms with Crippen LogP contribution in [0.25, 0.3) is 97.0 Å². The van der Waals surface area contributed by atoms with Crippen molar-refractivity contribution < 1.29 is 0 Å². The summed E-state index contributed by atoms with van der Waals surface area (Å²) in [7, 11) is 0. The van der Waals surface area contributed by atoms with Crippen molar-refractivity contribution in [3.63, 3.8) is 0 Å². The van der Waals surface area contributed by atoms with Crippen molar-refractivity contribution >= 4 is 97.0 Å². The van der Waals surface area contributed by atoms with Gasteiger partial charge < -0.3 is 0 Å². The van der Waals surface area contributed by atoms with Crippen LogP contribution < -0.4 is 0 Å². The SMILES string of the molecule is CCc1cc2c3cc(CC)c(CC)cc3c3cc(CC(C)Cc4cc5c6cc(CC)c(CC)cc6c6cc(CC)c(CC)cc6c5cc4CC)c(CC)cc3c2cc1CC.CCc1cc2c3cc(CC)c(CC)cc3c3cc(CC)c(CC)cc3c2cc1CC. The number of fused-ring (bicyclic) bond motifs is 18. The number of rotatable bonds is 20. The van der Waals surface area contributed by atoms with Crippen LogP contribution in [0, 0.1) is 5.92 Å². The van der Waals surface area contributed by atoms with Gasteiger partial charge in [-0.1, -0.05) is 227 Å². The molecule has 0 aliphatic carbocycles. The molecule has 0 saturated carbocycles. The van der Waals surface area contributed by atoms with E-state index in [1.54, 1.807) is 0 Å². The Morgan fingerprint density at radius 1 is 0.144 bits per heavy atom. The van der Waals surface area contributed by atoms with E-state index in [0.29, 0.717) is 5.92 Å². The second kappa shape index (κ2) is 27.4. The highest BCUT2D eigenvalue weighted by molar-refractivity contribution is 6.28. The summed E-state index contributed by atoms with van der Waals surface area (Å²) < 4.78 is 0. The normalized spacial score (nSPS) is 12.1. The van der Waals surface area contributed by atoms with Crippen LogP contribution in [-0.4, -0.2) is 0 Å². The fourth-order valence-corrected chi connectivity index (χ4v) is 16.7. The molecule has 0 aliphatic rings. The van der Waals surface area contributed by atoms with Crippen LogP contribution in [0.2, 0.25) is 0 Å². The molecule has 0 nitrogen and oxygen atoms in total. The molecule has 0 radical (unpaired) electrons. The largest absolute Gasteiger partial charge is 0.0619 e.